The van der Waals surface area contributed by atoms with E-state index in [9.17, 15) is 5.11 Å². The van der Waals surface area contributed by atoms with E-state index in [1.807, 2.05) is 13.0 Å². The van der Waals surface area contributed by atoms with Gasteiger partial charge in [0.2, 0.25) is 0 Å². The fraction of sp³-hybridized carbons (Fsp3) is 0.400. The van der Waals surface area contributed by atoms with Crippen molar-refractivity contribution in [3.05, 3.63) is 23.8 Å². The molecule has 0 amide bonds. The van der Waals surface area contributed by atoms with E-state index >= 15 is 0 Å². The van der Waals surface area contributed by atoms with Crippen molar-refractivity contribution >= 4 is 0 Å². The summed E-state index contributed by atoms with van der Waals surface area (Å²) in [6.07, 6.45) is 0.778. The topological polar surface area (TPSA) is 55.5 Å². The first-order valence-electron chi connectivity index (χ1n) is 4.42. The number of rotatable bonds is 4. The monoisotopic (exact) mass is 181 g/mol. The summed E-state index contributed by atoms with van der Waals surface area (Å²) in [5.74, 6) is 0.719. The van der Waals surface area contributed by atoms with Crippen molar-refractivity contribution in [2.75, 3.05) is 13.2 Å². The van der Waals surface area contributed by atoms with Crippen LogP contribution in [0.3, 0.4) is 0 Å². The summed E-state index contributed by atoms with van der Waals surface area (Å²) in [5, 5.41) is 9.48. The fourth-order valence-corrected chi connectivity index (χ4v) is 1.16. The Morgan fingerprint density at radius 2 is 2.23 bits per heavy atom. The highest BCUT2D eigenvalue weighted by Crippen LogP contribution is 2.26. The summed E-state index contributed by atoms with van der Waals surface area (Å²) in [6, 6.07) is 5.37. The van der Waals surface area contributed by atoms with Gasteiger partial charge in [0.05, 0.1) is 6.61 Å². The zero-order valence-corrected chi connectivity index (χ0v) is 7.79. The SMILES string of the molecule is CCOc1ccc(CCN)cc1O. The van der Waals surface area contributed by atoms with E-state index in [1.54, 1.807) is 12.1 Å². The molecule has 0 aliphatic rings. The Labute approximate surface area is 78.1 Å². The maximum Gasteiger partial charge on any atom is 0.160 e. The van der Waals surface area contributed by atoms with E-state index < -0.39 is 0 Å². The van der Waals surface area contributed by atoms with Gasteiger partial charge in [-0.3, -0.25) is 0 Å². The quantitative estimate of drug-likeness (QED) is 0.736. The predicted molar refractivity (Wildman–Crippen MR) is 52.0 cm³/mol. The summed E-state index contributed by atoms with van der Waals surface area (Å²) < 4.78 is 5.19. The lowest BCUT2D eigenvalue weighted by molar-refractivity contribution is 0.318. The van der Waals surface area contributed by atoms with Crippen LogP contribution >= 0.6 is 0 Å². The van der Waals surface area contributed by atoms with Crippen LogP contribution in [0.2, 0.25) is 0 Å². The van der Waals surface area contributed by atoms with Crippen molar-refractivity contribution in [3.8, 4) is 11.5 Å². The lowest BCUT2D eigenvalue weighted by Crippen LogP contribution is -2.02. The second-order valence-corrected chi connectivity index (χ2v) is 2.77. The van der Waals surface area contributed by atoms with Crippen molar-refractivity contribution < 1.29 is 9.84 Å². The number of benzene rings is 1. The molecule has 0 unspecified atom stereocenters. The maximum absolute atomic E-state index is 9.48. The van der Waals surface area contributed by atoms with E-state index in [0.717, 1.165) is 12.0 Å². The summed E-state index contributed by atoms with van der Waals surface area (Å²) in [5.41, 5.74) is 6.43. The van der Waals surface area contributed by atoms with E-state index in [0.29, 0.717) is 18.9 Å². The molecule has 72 valence electrons. The van der Waals surface area contributed by atoms with Crippen LogP contribution in [0, 0.1) is 0 Å². The summed E-state index contributed by atoms with van der Waals surface area (Å²) in [7, 11) is 0. The molecule has 0 aliphatic heterocycles. The highest BCUT2D eigenvalue weighted by Gasteiger charge is 2.01. The van der Waals surface area contributed by atoms with Gasteiger partial charge >= 0.3 is 0 Å². The molecule has 0 bridgehead atoms. The van der Waals surface area contributed by atoms with Gasteiger partial charge in [-0.05, 0) is 37.6 Å². The Morgan fingerprint density at radius 1 is 1.46 bits per heavy atom. The first-order valence-corrected chi connectivity index (χ1v) is 4.42. The third-order valence-corrected chi connectivity index (χ3v) is 1.76. The lowest BCUT2D eigenvalue weighted by atomic mass is 10.1. The van der Waals surface area contributed by atoms with E-state index in [1.165, 1.54) is 0 Å². The molecule has 1 rings (SSSR count). The molecule has 13 heavy (non-hydrogen) atoms. The predicted octanol–water partition coefficient (Wildman–Crippen LogP) is 1.29. The Morgan fingerprint density at radius 3 is 2.77 bits per heavy atom. The van der Waals surface area contributed by atoms with Crippen LogP contribution in [-0.2, 0) is 6.42 Å². The number of nitrogens with two attached hydrogens (primary N) is 1. The maximum atomic E-state index is 9.48. The molecule has 0 fully saturated rings. The molecule has 1 aromatic carbocycles. The molecule has 0 heterocycles. The van der Waals surface area contributed by atoms with Gasteiger partial charge in [0.15, 0.2) is 11.5 Å². The molecule has 3 nitrogen and oxygen atoms in total. The number of hydrogen-bond acceptors (Lipinski definition) is 3. The molecule has 3 N–H and O–H groups in total. The van der Waals surface area contributed by atoms with Crippen LogP contribution in [0.1, 0.15) is 12.5 Å². The van der Waals surface area contributed by atoms with Crippen LogP contribution < -0.4 is 10.5 Å². The molecule has 0 radical (unpaired) electrons. The Kier molecular flexibility index (Phi) is 3.58. The van der Waals surface area contributed by atoms with Gasteiger partial charge < -0.3 is 15.6 Å². The average Bonchev–Trinajstić information content (AvgIpc) is 2.10. The van der Waals surface area contributed by atoms with Crippen LogP contribution in [0.15, 0.2) is 18.2 Å². The molecule has 0 atom stereocenters. The molecular formula is C10H15NO2. The van der Waals surface area contributed by atoms with Crippen molar-refractivity contribution in [1.82, 2.24) is 0 Å². The number of aromatic hydroxyl groups is 1. The molecule has 0 spiro atoms. The zero-order valence-electron chi connectivity index (χ0n) is 7.79. The summed E-state index contributed by atoms with van der Waals surface area (Å²) in [4.78, 5) is 0. The second kappa shape index (κ2) is 4.72. The van der Waals surface area contributed by atoms with Gasteiger partial charge in [0, 0.05) is 0 Å². The first kappa shape index (κ1) is 9.86. The lowest BCUT2D eigenvalue weighted by Gasteiger charge is -2.06. The van der Waals surface area contributed by atoms with Gasteiger partial charge in [0.25, 0.3) is 0 Å². The highest BCUT2D eigenvalue weighted by atomic mass is 16.5. The normalized spacial score (nSPS) is 10.0. The summed E-state index contributed by atoms with van der Waals surface area (Å²) in [6.45, 7) is 3.03. The average molecular weight is 181 g/mol. The van der Waals surface area contributed by atoms with Crippen LogP contribution in [0.25, 0.3) is 0 Å². The van der Waals surface area contributed by atoms with Gasteiger partial charge in [-0.2, -0.15) is 0 Å². The molecule has 0 aliphatic carbocycles. The minimum atomic E-state index is 0.188. The number of phenolic OH excluding ortho intramolecular Hbond substituents is 1. The van der Waals surface area contributed by atoms with E-state index in [-0.39, 0.29) is 5.75 Å². The first-order chi connectivity index (χ1) is 6.27. The van der Waals surface area contributed by atoms with Crippen LogP contribution in [0.4, 0.5) is 0 Å². The standard InChI is InChI=1S/C10H15NO2/c1-2-13-10-4-3-8(5-6-11)7-9(10)12/h3-4,7,12H,2,5-6,11H2,1H3. The molecule has 3 heteroatoms. The minimum Gasteiger partial charge on any atom is -0.504 e. The molecule has 0 saturated carbocycles. The van der Waals surface area contributed by atoms with E-state index in [2.05, 4.69) is 0 Å². The van der Waals surface area contributed by atoms with Gasteiger partial charge in [-0.15, -0.1) is 0 Å². The molecule has 0 saturated heterocycles. The third kappa shape index (κ3) is 2.63. The molecule has 0 aromatic heterocycles. The smallest absolute Gasteiger partial charge is 0.160 e. The highest BCUT2D eigenvalue weighted by molar-refractivity contribution is 5.41. The van der Waals surface area contributed by atoms with Crippen LogP contribution in [0.5, 0.6) is 11.5 Å². The van der Waals surface area contributed by atoms with E-state index in [4.69, 9.17) is 10.5 Å². The Bertz CT molecular complexity index is 274. The number of phenols is 1. The van der Waals surface area contributed by atoms with Gasteiger partial charge in [-0.1, -0.05) is 6.07 Å². The third-order valence-electron chi connectivity index (χ3n) is 1.76. The zero-order chi connectivity index (χ0) is 9.68. The van der Waals surface area contributed by atoms with Crippen molar-refractivity contribution in [2.24, 2.45) is 5.73 Å². The Balaban J connectivity index is 2.79. The van der Waals surface area contributed by atoms with Crippen molar-refractivity contribution in [3.63, 3.8) is 0 Å². The molecule has 1 aromatic rings. The van der Waals surface area contributed by atoms with Gasteiger partial charge in [0.1, 0.15) is 0 Å². The van der Waals surface area contributed by atoms with Crippen LogP contribution in [-0.4, -0.2) is 18.3 Å². The van der Waals surface area contributed by atoms with Crippen molar-refractivity contribution in [1.29, 1.82) is 0 Å². The molecular weight excluding hydrogens is 166 g/mol. The number of hydrogen-bond donors (Lipinski definition) is 2. The van der Waals surface area contributed by atoms with Gasteiger partial charge in [-0.25, -0.2) is 0 Å². The van der Waals surface area contributed by atoms with Crippen molar-refractivity contribution in [2.45, 2.75) is 13.3 Å². The fourth-order valence-electron chi connectivity index (χ4n) is 1.16. The minimum absolute atomic E-state index is 0.188. The number of ether oxygens (including phenoxy) is 1. The Hall–Kier alpha value is -1.22. The summed E-state index contributed by atoms with van der Waals surface area (Å²) >= 11 is 0. The second-order valence-electron chi connectivity index (χ2n) is 2.77. The largest absolute Gasteiger partial charge is 0.504 e.